The zero-order valence-electron chi connectivity index (χ0n) is 11.8. The van der Waals surface area contributed by atoms with E-state index in [1.807, 2.05) is 6.07 Å². The smallest absolute Gasteiger partial charge is 0.142 e. The molecule has 1 atom stereocenters. The third kappa shape index (κ3) is 3.70. The van der Waals surface area contributed by atoms with E-state index in [0.29, 0.717) is 11.8 Å². The number of nitrogens with two attached hydrogens (primary N) is 1. The predicted octanol–water partition coefficient (Wildman–Crippen LogP) is 4.71. The van der Waals surface area contributed by atoms with Crippen molar-refractivity contribution >= 4 is 11.6 Å². The van der Waals surface area contributed by atoms with Gasteiger partial charge in [0.15, 0.2) is 0 Å². The summed E-state index contributed by atoms with van der Waals surface area (Å²) in [5, 5.41) is 0.232. The first-order valence-corrected chi connectivity index (χ1v) is 7.41. The van der Waals surface area contributed by atoms with Crippen molar-refractivity contribution in [3.63, 3.8) is 0 Å². The summed E-state index contributed by atoms with van der Waals surface area (Å²) in [4.78, 5) is 0. The van der Waals surface area contributed by atoms with Crippen LogP contribution < -0.4 is 5.73 Å². The topological polar surface area (TPSA) is 26.0 Å². The van der Waals surface area contributed by atoms with E-state index in [-0.39, 0.29) is 16.4 Å². The van der Waals surface area contributed by atoms with Gasteiger partial charge in [0.1, 0.15) is 5.82 Å². The molecule has 1 unspecified atom stereocenters. The van der Waals surface area contributed by atoms with Crippen LogP contribution in [-0.4, -0.2) is 5.54 Å². The van der Waals surface area contributed by atoms with Gasteiger partial charge in [-0.3, -0.25) is 0 Å². The third-order valence-electron chi connectivity index (χ3n) is 4.40. The molecule has 0 amide bonds. The maximum Gasteiger partial charge on any atom is 0.142 e. The molecule has 1 aromatic carbocycles. The van der Waals surface area contributed by atoms with Crippen LogP contribution in [-0.2, 0) is 6.42 Å². The van der Waals surface area contributed by atoms with Gasteiger partial charge in [0, 0.05) is 5.54 Å². The van der Waals surface area contributed by atoms with Crippen molar-refractivity contribution in [3.8, 4) is 0 Å². The molecule has 1 aliphatic carbocycles. The normalized spacial score (nSPS) is 27.0. The summed E-state index contributed by atoms with van der Waals surface area (Å²) in [5.41, 5.74) is 7.51. The summed E-state index contributed by atoms with van der Waals surface area (Å²) >= 11 is 6.04. The fraction of sp³-hybridized carbons (Fsp3) is 0.625. The Labute approximate surface area is 120 Å². The molecule has 1 nitrogen and oxygen atoms in total. The molecule has 1 fully saturated rings. The van der Waals surface area contributed by atoms with Gasteiger partial charge in [0.05, 0.1) is 5.02 Å². The molecule has 0 spiro atoms. The monoisotopic (exact) mass is 283 g/mol. The van der Waals surface area contributed by atoms with E-state index in [4.69, 9.17) is 17.3 Å². The third-order valence-corrected chi connectivity index (χ3v) is 4.83. The van der Waals surface area contributed by atoms with Crippen LogP contribution in [0.2, 0.25) is 5.02 Å². The average Bonchev–Trinajstić information content (AvgIpc) is 2.45. The molecule has 19 heavy (non-hydrogen) atoms. The van der Waals surface area contributed by atoms with Crippen LogP contribution in [0, 0.1) is 11.2 Å². The van der Waals surface area contributed by atoms with Gasteiger partial charge in [-0.2, -0.15) is 0 Å². The van der Waals surface area contributed by atoms with Crippen LogP contribution in [0.1, 0.15) is 51.5 Å². The van der Waals surface area contributed by atoms with Crippen molar-refractivity contribution in [3.05, 3.63) is 34.6 Å². The quantitative estimate of drug-likeness (QED) is 0.782. The van der Waals surface area contributed by atoms with Crippen LogP contribution in [0.3, 0.4) is 0 Å². The zero-order valence-corrected chi connectivity index (χ0v) is 12.6. The molecular formula is C16H23ClFN. The molecule has 0 saturated heterocycles. The Hall–Kier alpha value is -0.600. The highest BCUT2D eigenvalue weighted by Crippen LogP contribution is 2.39. The van der Waals surface area contributed by atoms with Crippen molar-refractivity contribution < 1.29 is 4.39 Å². The molecule has 2 N–H and O–H groups in total. The highest BCUT2D eigenvalue weighted by Gasteiger charge is 2.33. The van der Waals surface area contributed by atoms with E-state index in [0.717, 1.165) is 31.2 Å². The highest BCUT2D eigenvalue weighted by molar-refractivity contribution is 6.31. The highest BCUT2D eigenvalue weighted by atomic mass is 35.5. The van der Waals surface area contributed by atoms with E-state index < -0.39 is 0 Å². The number of rotatable bonds is 2. The van der Waals surface area contributed by atoms with Crippen molar-refractivity contribution in [1.82, 2.24) is 0 Å². The van der Waals surface area contributed by atoms with Gasteiger partial charge >= 0.3 is 0 Å². The molecule has 1 aliphatic rings. The first-order chi connectivity index (χ1) is 8.81. The van der Waals surface area contributed by atoms with Crippen LogP contribution in [0.25, 0.3) is 0 Å². The summed E-state index contributed by atoms with van der Waals surface area (Å²) in [6, 6.07) is 4.99. The molecule has 106 valence electrons. The van der Waals surface area contributed by atoms with Crippen LogP contribution in [0.4, 0.5) is 4.39 Å². The second kappa shape index (κ2) is 5.41. The molecule has 0 aromatic heterocycles. The minimum absolute atomic E-state index is 0.232. The van der Waals surface area contributed by atoms with E-state index in [2.05, 4.69) is 13.8 Å². The fourth-order valence-corrected chi connectivity index (χ4v) is 3.19. The van der Waals surface area contributed by atoms with Gasteiger partial charge < -0.3 is 5.73 Å². The van der Waals surface area contributed by atoms with Crippen molar-refractivity contribution in [2.45, 2.75) is 57.9 Å². The number of halogens is 2. The maximum absolute atomic E-state index is 13.5. The molecule has 3 heteroatoms. The minimum Gasteiger partial charge on any atom is -0.325 e. The lowest BCUT2D eigenvalue weighted by Crippen LogP contribution is -2.41. The lowest BCUT2D eigenvalue weighted by molar-refractivity contribution is 0.297. The van der Waals surface area contributed by atoms with E-state index in [1.165, 1.54) is 12.5 Å². The number of benzene rings is 1. The van der Waals surface area contributed by atoms with Crippen molar-refractivity contribution in [2.24, 2.45) is 11.1 Å². The zero-order chi connectivity index (χ0) is 14.1. The van der Waals surface area contributed by atoms with Gasteiger partial charge in [-0.15, -0.1) is 0 Å². The van der Waals surface area contributed by atoms with Gasteiger partial charge in [-0.1, -0.05) is 44.0 Å². The summed E-state index contributed by atoms with van der Waals surface area (Å²) in [6.07, 6.45) is 6.10. The SMILES string of the molecule is CC1(C)CCCC(N)(Cc2cccc(F)c2Cl)CC1. The van der Waals surface area contributed by atoms with E-state index in [1.54, 1.807) is 6.07 Å². The number of hydrogen-bond acceptors (Lipinski definition) is 1. The summed E-state index contributed by atoms with van der Waals surface area (Å²) in [6.45, 7) is 4.60. The van der Waals surface area contributed by atoms with Crippen molar-refractivity contribution in [1.29, 1.82) is 0 Å². The Balaban J connectivity index is 2.15. The molecule has 0 aliphatic heterocycles. The Morgan fingerprint density at radius 2 is 1.95 bits per heavy atom. The lowest BCUT2D eigenvalue weighted by atomic mass is 9.81. The second-order valence-corrected chi connectivity index (χ2v) is 7.15. The predicted molar refractivity (Wildman–Crippen MR) is 78.9 cm³/mol. The first kappa shape index (κ1) is 14.8. The largest absolute Gasteiger partial charge is 0.325 e. The Morgan fingerprint density at radius 1 is 1.21 bits per heavy atom. The van der Waals surface area contributed by atoms with Gasteiger partial charge in [-0.25, -0.2) is 4.39 Å². The standard InChI is InChI=1S/C16H23ClFN/c1-15(2)7-4-8-16(19,10-9-15)11-12-5-3-6-13(18)14(12)17/h3,5-6H,4,7-11,19H2,1-2H3. The lowest BCUT2D eigenvalue weighted by Gasteiger charge is -2.29. The van der Waals surface area contributed by atoms with Gasteiger partial charge in [0.25, 0.3) is 0 Å². The second-order valence-electron chi connectivity index (χ2n) is 6.77. The van der Waals surface area contributed by atoms with E-state index >= 15 is 0 Å². The van der Waals surface area contributed by atoms with E-state index in [9.17, 15) is 4.39 Å². The Bertz CT molecular complexity index is 458. The van der Waals surface area contributed by atoms with Gasteiger partial charge in [0.2, 0.25) is 0 Å². The first-order valence-electron chi connectivity index (χ1n) is 7.03. The van der Waals surface area contributed by atoms with Crippen LogP contribution in [0.15, 0.2) is 18.2 Å². The molecule has 1 saturated carbocycles. The maximum atomic E-state index is 13.5. The molecule has 0 heterocycles. The molecule has 1 aromatic rings. The molecular weight excluding hydrogens is 261 g/mol. The molecule has 0 radical (unpaired) electrons. The summed E-state index contributed by atoms with van der Waals surface area (Å²) in [7, 11) is 0. The molecule has 0 bridgehead atoms. The molecule has 2 rings (SSSR count). The Morgan fingerprint density at radius 3 is 2.68 bits per heavy atom. The summed E-state index contributed by atoms with van der Waals surface area (Å²) < 4.78 is 13.5. The van der Waals surface area contributed by atoms with Crippen molar-refractivity contribution in [2.75, 3.05) is 0 Å². The Kier molecular flexibility index (Phi) is 4.22. The average molecular weight is 284 g/mol. The summed E-state index contributed by atoms with van der Waals surface area (Å²) in [5.74, 6) is -0.350. The van der Waals surface area contributed by atoms with Crippen LogP contribution in [0.5, 0.6) is 0 Å². The van der Waals surface area contributed by atoms with Crippen LogP contribution >= 0.6 is 11.6 Å². The fourth-order valence-electron chi connectivity index (χ4n) is 3.00. The minimum atomic E-state index is -0.350. The number of hydrogen-bond donors (Lipinski definition) is 1. The van der Waals surface area contributed by atoms with Gasteiger partial charge in [-0.05, 0) is 49.1 Å².